The minimum atomic E-state index is 0.168. The molecule has 0 unspecified atom stereocenters. The van der Waals surface area contributed by atoms with E-state index in [0.717, 1.165) is 6.54 Å². The molecule has 0 spiro atoms. The lowest BCUT2D eigenvalue weighted by molar-refractivity contribution is 0.627. The number of nitrogens with two attached hydrogens (primary N) is 1. The molecule has 96 valence electrons. The Morgan fingerprint density at radius 1 is 1.33 bits per heavy atom. The molecule has 2 rings (SSSR count). The van der Waals surface area contributed by atoms with E-state index < -0.39 is 0 Å². The summed E-state index contributed by atoms with van der Waals surface area (Å²) >= 11 is 0. The molecular weight excluding hydrogens is 232 g/mol. The number of aromatic nitrogens is 6. The zero-order valence-electron chi connectivity index (χ0n) is 10.6. The van der Waals surface area contributed by atoms with Gasteiger partial charge < -0.3 is 10.6 Å². The molecule has 0 aliphatic carbocycles. The average molecular weight is 248 g/mol. The average Bonchev–Trinajstić information content (AvgIpc) is 2.80. The Hall–Kier alpha value is -2.25. The molecule has 0 atom stereocenters. The molecule has 0 saturated carbocycles. The Balaban J connectivity index is 2.32. The highest BCUT2D eigenvalue weighted by Crippen LogP contribution is 2.11. The number of rotatable bonds is 4. The van der Waals surface area contributed by atoms with Crippen LogP contribution in [-0.4, -0.2) is 43.3 Å². The fraction of sp³-hybridized carbons (Fsp3) is 0.500. The second-order valence-corrected chi connectivity index (χ2v) is 4.41. The van der Waals surface area contributed by atoms with Gasteiger partial charge in [-0.15, -0.1) is 0 Å². The van der Waals surface area contributed by atoms with Crippen molar-refractivity contribution in [3.8, 4) is 5.95 Å². The highest BCUT2D eigenvalue weighted by Gasteiger charge is 2.11. The molecule has 0 bridgehead atoms. The molecule has 0 aromatic carbocycles. The van der Waals surface area contributed by atoms with Gasteiger partial charge in [0.1, 0.15) is 12.7 Å². The normalized spacial score (nSPS) is 10.9. The first kappa shape index (κ1) is 12.2. The van der Waals surface area contributed by atoms with Crippen molar-refractivity contribution in [2.75, 3.05) is 24.2 Å². The quantitative estimate of drug-likeness (QED) is 0.820. The number of anilines is 2. The number of nitrogen functional groups attached to an aromatic ring is 1. The molecule has 2 aromatic rings. The highest BCUT2D eigenvalue weighted by atomic mass is 15.4. The summed E-state index contributed by atoms with van der Waals surface area (Å²) in [5.41, 5.74) is 5.68. The highest BCUT2D eigenvalue weighted by molar-refractivity contribution is 5.36. The lowest BCUT2D eigenvalue weighted by Gasteiger charge is -2.19. The zero-order valence-corrected chi connectivity index (χ0v) is 10.6. The topological polar surface area (TPSA) is 98.6 Å². The van der Waals surface area contributed by atoms with Crippen LogP contribution in [0.2, 0.25) is 0 Å². The van der Waals surface area contributed by atoms with E-state index in [1.165, 1.54) is 17.3 Å². The van der Waals surface area contributed by atoms with E-state index in [1.54, 1.807) is 0 Å². The van der Waals surface area contributed by atoms with Gasteiger partial charge in [0.25, 0.3) is 5.95 Å². The van der Waals surface area contributed by atoms with Crippen LogP contribution in [0.4, 0.5) is 11.9 Å². The monoisotopic (exact) mass is 248 g/mol. The van der Waals surface area contributed by atoms with E-state index in [9.17, 15) is 0 Å². The van der Waals surface area contributed by atoms with E-state index in [-0.39, 0.29) is 5.95 Å². The summed E-state index contributed by atoms with van der Waals surface area (Å²) in [7, 11) is 1.92. The fourth-order valence-electron chi connectivity index (χ4n) is 1.58. The molecule has 0 fully saturated rings. The van der Waals surface area contributed by atoms with Crippen molar-refractivity contribution in [3.05, 3.63) is 12.7 Å². The minimum Gasteiger partial charge on any atom is -0.368 e. The van der Waals surface area contributed by atoms with E-state index in [1.807, 2.05) is 11.9 Å². The Morgan fingerprint density at radius 2 is 2.11 bits per heavy atom. The van der Waals surface area contributed by atoms with Gasteiger partial charge in [-0.1, -0.05) is 13.8 Å². The maximum absolute atomic E-state index is 5.68. The zero-order chi connectivity index (χ0) is 13.1. The van der Waals surface area contributed by atoms with Crippen molar-refractivity contribution in [2.45, 2.75) is 13.8 Å². The summed E-state index contributed by atoms with van der Waals surface area (Å²) in [5, 5.41) is 3.97. The Labute approximate surface area is 105 Å². The van der Waals surface area contributed by atoms with Crippen molar-refractivity contribution in [2.24, 2.45) is 5.92 Å². The van der Waals surface area contributed by atoms with Crippen LogP contribution >= 0.6 is 0 Å². The lowest BCUT2D eigenvalue weighted by atomic mass is 10.2. The summed E-state index contributed by atoms with van der Waals surface area (Å²) in [6.45, 7) is 5.08. The van der Waals surface area contributed by atoms with Gasteiger partial charge in [-0.05, 0) is 5.92 Å². The van der Waals surface area contributed by atoms with Gasteiger partial charge in [0.05, 0.1) is 0 Å². The molecule has 2 heterocycles. The van der Waals surface area contributed by atoms with E-state index in [2.05, 4.69) is 38.9 Å². The predicted molar refractivity (Wildman–Crippen MR) is 67.3 cm³/mol. The first-order chi connectivity index (χ1) is 8.56. The van der Waals surface area contributed by atoms with E-state index in [4.69, 9.17) is 5.73 Å². The maximum atomic E-state index is 5.68. The summed E-state index contributed by atoms with van der Waals surface area (Å²) in [5.74, 6) is 1.57. The molecule has 0 saturated heterocycles. The van der Waals surface area contributed by atoms with E-state index in [0.29, 0.717) is 17.8 Å². The maximum Gasteiger partial charge on any atom is 0.258 e. The van der Waals surface area contributed by atoms with Crippen molar-refractivity contribution >= 4 is 11.9 Å². The Kier molecular flexibility index (Phi) is 3.35. The second-order valence-electron chi connectivity index (χ2n) is 4.41. The molecule has 0 aliphatic rings. The summed E-state index contributed by atoms with van der Waals surface area (Å²) in [4.78, 5) is 18.2. The van der Waals surface area contributed by atoms with Gasteiger partial charge in [0.2, 0.25) is 11.9 Å². The van der Waals surface area contributed by atoms with Crippen LogP contribution in [0, 0.1) is 5.92 Å². The van der Waals surface area contributed by atoms with Gasteiger partial charge in [-0.25, -0.2) is 4.98 Å². The third-order valence-corrected chi connectivity index (χ3v) is 2.23. The Bertz CT molecular complexity index is 507. The summed E-state index contributed by atoms with van der Waals surface area (Å²) in [6.07, 6.45) is 2.93. The Morgan fingerprint density at radius 3 is 2.72 bits per heavy atom. The molecule has 18 heavy (non-hydrogen) atoms. The van der Waals surface area contributed by atoms with Crippen LogP contribution < -0.4 is 10.6 Å². The molecule has 0 aliphatic heterocycles. The van der Waals surface area contributed by atoms with Crippen LogP contribution in [0.1, 0.15) is 13.8 Å². The predicted octanol–water partition coefficient (Wildman–Crippen LogP) is 0.127. The van der Waals surface area contributed by atoms with Crippen LogP contribution in [0.25, 0.3) is 5.95 Å². The van der Waals surface area contributed by atoms with Gasteiger partial charge in [-0.2, -0.15) is 24.7 Å². The van der Waals surface area contributed by atoms with Gasteiger partial charge in [0.15, 0.2) is 0 Å². The number of nitrogens with zero attached hydrogens (tertiary/aromatic N) is 7. The van der Waals surface area contributed by atoms with Crippen molar-refractivity contribution < 1.29 is 0 Å². The standard InChI is InChI=1S/C10H16N8/c1-7(2)4-17(3)9-14-8(11)15-10(16-9)18-6-12-5-13-18/h5-7H,4H2,1-3H3,(H2,11,14,15,16). The third kappa shape index (κ3) is 2.70. The van der Waals surface area contributed by atoms with Crippen LogP contribution in [0.15, 0.2) is 12.7 Å². The van der Waals surface area contributed by atoms with Crippen LogP contribution in [-0.2, 0) is 0 Å². The summed E-state index contributed by atoms with van der Waals surface area (Å²) in [6, 6.07) is 0. The van der Waals surface area contributed by atoms with Crippen molar-refractivity contribution in [1.82, 2.24) is 29.7 Å². The van der Waals surface area contributed by atoms with Crippen LogP contribution in [0.5, 0.6) is 0 Å². The number of hydrogen-bond donors (Lipinski definition) is 1. The largest absolute Gasteiger partial charge is 0.368 e. The fourth-order valence-corrected chi connectivity index (χ4v) is 1.58. The molecule has 0 amide bonds. The van der Waals surface area contributed by atoms with Crippen molar-refractivity contribution in [1.29, 1.82) is 0 Å². The molecular formula is C10H16N8. The third-order valence-electron chi connectivity index (χ3n) is 2.23. The minimum absolute atomic E-state index is 0.168. The molecule has 2 aromatic heterocycles. The first-order valence-corrected chi connectivity index (χ1v) is 5.64. The number of hydrogen-bond acceptors (Lipinski definition) is 7. The molecule has 8 nitrogen and oxygen atoms in total. The van der Waals surface area contributed by atoms with E-state index >= 15 is 0 Å². The molecule has 2 N–H and O–H groups in total. The molecule has 0 radical (unpaired) electrons. The lowest BCUT2D eigenvalue weighted by Crippen LogP contribution is -2.25. The smallest absolute Gasteiger partial charge is 0.258 e. The van der Waals surface area contributed by atoms with Gasteiger partial charge >= 0.3 is 0 Å². The second kappa shape index (κ2) is 4.94. The SMILES string of the molecule is CC(C)CN(C)c1nc(N)nc(-n2cncn2)n1. The first-order valence-electron chi connectivity index (χ1n) is 5.64. The summed E-state index contributed by atoms with van der Waals surface area (Å²) < 4.78 is 1.45. The van der Waals surface area contributed by atoms with Crippen molar-refractivity contribution in [3.63, 3.8) is 0 Å². The molecule has 8 heteroatoms. The van der Waals surface area contributed by atoms with Gasteiger partial charge in [-0.3, -0.25) is 0 Å². The van der Waals surface area contributed by atoms with Crippen LogP contribution in [0.3, 0.4) is 0 Å². The van der Waals surface area contributed by atoms with Gasteiger partial charge in [0, 0.05) is 13.6 Å².